The van der Waals surface area contributed by atoms with Crippen molar-refractivity contribution < 1.29 is 25.5 Å². The molecule has 0 spiro atoms. The second-order valence-corrected chi connectivity index (χ2v) is 3.56. The summed E-state index contributed by atoms with van der Waals surface area (Å²) in [5.74, 6) is 0. The third-order valence-corrected chi connectivity index (χ3v) is 1.88. The molecular weight excluding hydrogens is 214 g/mol. The highest BCUT2D eigenvalue weighted by Gasteiger charge is 2.29. The maximum atomic E-state index is 9.36. The van der Waals surface area contributed by atoms with Gasteiger partial charge in [-0.25, -0.2) is 0 Å². The molecule has 0 bridgehead atoms. The third kappa shape index (κ3) is 7.10. The molecule has 0 aliphatic heterocycles. The first-order valence-corrected chi connectivity index (χ1v) is 5.38. The van der Waals surface area contributed by atoms with Crippen molar-refractivity contribution in [3.8, 4) is 0 Å². The minimum atomic E-state index is -1.55. The van der Waals surface area contributed by atoms with E-state index in [0.29, 0.717) is 0 Å². The van der Waals surface area contributed by atoms with Crippen LogP contribution >= 0.6 is 0 Å². The van der Waals surface area contributed by atoms with Crippen LogP contribution in [0.4, 0.5) is 0 Å². The van der Waals surface area contributed by atoms with E-state index >= 15 is 0 Å². The van der Waals surface area contributed by atoms with E-state index in [9.17, 15) is 15.3 Å². The summed E-state index contributed by atoms with van der Waals surface area (Å²) in [5.41, 5.74) is 0. The number of rotatable bonds is 6. The van der Waals surface area contributed by atoms with E-state index in [1.165, 1.54) is 0 Å². The van der Waals surface area contributed by atoms with Gasteiger partial charge in [0.1, 0.15) is 18.3 Å². The van der Waals surface area contributed by atoms with Crippen LogP contribution in [-0.4, -0.2) is 82.1 Å². The molecule has 4 atom stereocenters. The maximum Gasteiger partial charge on any atom is 0.111 e. The van der Waals surface area contributed by atoms with Crippen LogP contribution < -0.4 is 0 Å². The number of likely N-dealkylation sites (N-methyl/N-ethyl adjacent to an activating group) is 1. The lowest BCUT2D eigenvalue weighted by molar-refractivity contribution is -0.117. The van der Waals surface area contributed by atoms with Crippen molar-refractivity contribution in [2.75, 3.05) is 27.2 Å². The second-order valence-electron chi connectivity index (χ2n) is 3.56. The first-order chi connectivity index (χ1) is 7.40. The van der Waals surface area contributed by atoms with E-state index in [1.54, 1.807) is 19.0 Å². The Hall–Kier alpha value is -0.240. The molecule has 0 saturated carbocycles. The summed E-state index contributed by atoms with van der Waals surface area (Å²) in [5, 5.41) is 45.4. The first-order valence-electron chi connectivity index (χ1n) is 5.38. The summed E-state index contributed by atoms with van der Waals surface area (Å²) in [6, 6.07) is 0. The average molecular weight is 239 g/mol. The molecule has 0 aliphatic rings. The topological polar surface area (TPSA) is 104 Å². The smallest absolute Gasteiger partial charge is 0.111 e. The van der Waals surface area contributed by atoms with Crippen molar-refractivity contribution >= 4 is 0 Å². The minimum Gasteiger partial charge on any atom is -0.394 e. The van der Waals surface area contributed by atoms with E-state index in [1.807, 2.05) is 13.8 Å². The Morgan fingerprint density at radius 1 is 0.875 bits per heavy atom. The highest BCUT2D eigenvalue weighted by molar-refractivity contribution is 4.81. The molecule has 6 heteroatoms. The van der Waals surface area contributed by atoms with Crippen molar-refractivity contribution in [2.24, 2.45) is 0 Å². The highest BCUT2D eigenvalue weighted by atomic mass is 16.4. The van der Waals surface area contributed by atoms with Gasteiger partial charge in [0.15, 0.2) is 0 Å². The zero-order valence-electron chi connectivity index (χ0n) is 10.4. The Labute approximate surface area is 96.8 Å². The molecule has 0 radical (unpaired) electrons. The highest BCUT2D eigenvalue weighted by Crippen LogP contribution is 2.05. The van der Waals surface area contributed by atoms with Gasteiger partial charge in [0.25, 0.3) is 0 Å². The normalized spacial score (nSPS) is 18.4. The van der Waals surface area contributed by atoms with Gasteiger partial charge in [0.2, 0.25) is 0 Å². The standard InChI is InChI=1S/C8H19NO5.C2H6/c1-9(2)3-5(11)7(13)8(14)6(12)4-10;1-2/h5-8,10-14H,3-4H2,1-2H3;1-2H3. The van der Waals surface area contributed by atoms with Crippen LogP contribution in [0.5, 0.6) is 0 Å². The van der Waals surface area contributed by atoms with E-state index in [-0.39, 0.29) is 6.54 Å². The molecule has 0 amide bonds. The fourth-order valence-electron chi connectivity index (χ4n) is 1.05. The Balaban J connectivity index is 0. The van der Waals surface area contributed by atoms with Gasteiger partial charge in [0, 0.05) is 6.54 Å². The van der Waals surface area contributed by atoms with Gasteiger partial charge in [-0.2, -0.15) is 0 Å². The van der Waals surface area contributed by atoms with E-state index in [0.717, 1.165) is 0 Å². The first kappa shape index (κ1) is 18.1. The summed E-state index contributed by atoms with van der Waals surface area (Å²) in [6.45, 7) is 3.50. The van der Waals surface area contributed by atoms with Crippen molar-refractivity contribution in [1.82, 2.24) is 4.90 Å². The predicted octanol–water partition coefficient (Wildman–Crippen LogP) is -1.99. The zero-order valence-corrected chi connectivity index (χ0v) is 10.4. The van der Waals surface area contributed by atoms with Crippen LogP contribution in [0, 0.1) is 0 Å². The maximum absolute atomic E-state index is 9.36. The fourth-order valence-corrected chi connectivity index (χ4v) is 1.05. The van der Waals surface area contributed by atoms with Gasteiger partial charge in [-0.15, -0.1) is 0 Å². The van der Waals surface area contributed by atoms with Gasteiger partial charge in [-0.05, 0) is 14.1 Å². The molecule has 0 aromatic carbocycles. The predicted molar refractivity (Wildman–Crippen MR) is 61.0 cm³/mol. The SMILES string of the molecule is CC.CN(C)CC(O)C(O)C(O)C(O)CO. The van der Waals surface area contributed by atoms with Crippen molar-refractivity contribution in [2.45, 2.75) is 38.3 Å². The number of aliphatic hydroxyl groups excluding tert-OH is 5. The number of nitrogens with zero attached hydrogens (tertiary/aromatic N) is 1. The Morgan fingerprint density at radius 2 is 1.25 bits per heavy atom. The number of aliphatic hydroxyl groups is 5. The fraction of sp³-hybridized carbons (Fsp3) is 1.00. The molecule has 0 aliphatic carbocycles. The van der Waals surface area contributed by atoms with Crippen molar-refractivity contribution in [3.05, 3.63) is 0 Å². The van der Waals surface area contributed by atoms with Crippen LogP contribution in [0.25, 0.3) is 0 Å². The summed E-state index contributed by atoms with van der Waals surface area (Å²) in [6.07, 6.45) is -5.63. The van der Waals surface area contributed by atoms with Crippen LogP contribution in [0.15, 0.2) is 0 Å². The molecule has 5 N–H and O–H groups in total. The monoisotopic (exact) mass is 239 g/mol. The van der Waals surface area contributed by atoms with Gasteiger partial charge in [-0.3, -0.25) is 0 Å². The van der Waals surface area contributed by atoms with Crippen LogP contribution in [0.2, 0.25) is 0 Å². The quantitative estimate of drug-likeness (QED) is 0.368. The molecule has 6 nitrogen and oxygen atoms in total. The van der Waals surface area contributed by atoms with Crippen LogP contribution in [0.1, 0.15) is 13.8 Å². The summed E-state index contributed by atoms with van der Waals surface area (Å²) in [7, 11) is 3.40. The van der Waals surface area contributed by atoms with E-state index < -0.39 is 31.0 Å². The summed E-state index contributed by atoms with van der Waals surface area (Å²) in [4.78, 5) is 1.63. The second kappa shape index (κ2) is 9.95. The van der Waals surface area contributed by atoms with Gasteiger partial charge in [-0.1, -0.05) is 13.8 Å². The minimum absolute atomic E-state index is 0.163. The molecule has 4 unspecified atom stereocenters. The largest absolute Gasteiger partial charge is 0.394 e. The third-order valence-electron chi connectivity index (χ3n) is 1.88. The molecule has 0 rings (SSSR count). The lowest BCUT2D eigenvalue weighted by atomic mass is 10.0. The average Bonchev–Trinajstić information content (AvgIpc) is 2.27. The molecule has 0 saturated heterocycles. The van der Waals surface area contributed by atoms with Crippen molar-refractivity contribution in [3.63, 3.8) is 0 Å². The molecular formula is C10H25NO5. The summed E-state index contributed by atoms with van der Waals surface area (Å²) < 4.78 is 0. The van der Waals surface area contributed by atoms with E-state index in [4.69, 9.17) is 10.2 Å². The zero-order chi connectivity index (χ0) is 13.3. The lowest BCUT2D eigenvalue weighted by Gasteiger charge is -2.27. The molecule has 0 fully saturated rings. The van der Waals surface area contributed by atoms with Gasteiger partial charge in [0.05, 0.1) is 12.7 Å². The lowest BCUT2D eigenvalue weighted by Crippen LogP contribution is -2.48. The van der Waals surface area contributed by atoms with Gasteiger partial charge < -0.3 is 30.4 Å². The van der Waals surface area contributed by atoms with E-state index in [2.05, 4.69) is 0 Å². The Bertz CT molecular complexity index is 156. The van der Waals surface area contributed by atoms with Crippen LogP contribution in [-0.2, 0) is 0 Å². The summed E-state index contributed by atoms with van der Waals surface area (Å²) >= 11 is 0. The molecule has 0 heterocycles. The number of hydrogen-bond donors (Lipinski definition) is 5. The molecule has 16 heavy (non-hydrogen) atoms. The Kier molecular flexibility index (Phi) is 11.3. The van der Waals surface area contributed by atoms with Gasteiger partial charge >= 0.3 is 0 Å². The number of hydrogen-bond acceptors (Lipinski definition) is 6. The van der Waals surface area contributed by atoms with Crippen molar-refractivity contribution in [1.29, 1.82) is 0 Å². The molecule has 100 valence electrons. The van der Waals surface area contributed by atoms with Crippen LogP contribution in [0.3, 0.4) is 0 Å². The Morgan fingerprint density at radius 3 is 1.56 bits per heavy atom. The molecule has 0 aromatic heterocycles. The molecule has 0 aromatic rings.